The van der Waals surface area contributed by atoms with Crippen molar-refractivity contribution in [3.8, 4) is 0 Å². The van der Waals surface area contributed by atoms with E-state index in [2.05, 4.69) is 10.6 Å². The van der Waals surface area contributed by atoms with E-state index in [9.17, 15) is 39.6 Å². The van der Waals surface area contributed by atoms with Gasteiger partial charge in [0.25, 0.3) is 5.91 Å². The van der Waals surface area contributed by atoms with Crippen molar-refractivity contribution in [1.29, 1.82) is 0 Å². The number of aliphatic hydroxyl groups excluding tert-OH is 4. The normalized spacial score (nSPS) is 30.9. The van der Waals surface area contributed by atoms with Crippen molar-refractivity contribution in [1.82, 2.24) is 10.6 Å². The Morgan fingerprint density at radius 3 is 2.51 bits per heavy atom. The smallest absolute Gasteiger partial charge is 0.349 e. The van der Waals surface area contributed by atoms with Crippen LogP contribution in [0.1, 0.15) is 61.6 Å². The van der Waals surface area contributed by atoms with Gasteiger partial charge in [0.15, 0.2) is 0 Å². The molecule has 0 aliphatic carbocycles. The molecular formula is C27H34N2O10. The predicted octanol–water partition coefficient (Wildman–Crippen LogP) is -0.103. The van der Waals surface area contributed by atoms with Gasteiger partial charge in [0.1, 0.15) is 41.7 Å². The van der Waals surface area contributed by atoms with Crippen LogP contribution in [0.5, 0.6) is 0 Å². The number of imide groups is 1. The number of hydrogen-bond acceptors (Lipinski definition) is 10. The van der Waals surface area contributed by atoms with Gasteiger partial charge < -0.3 is 34.9 Å². The first-order chi connectivity index (χ1) is 18.5. The average Bonchev–Trinajstić information content (AvgIpc) is 3.13. The molecule has 0 spiro atoms. The maximum atomic E-state index is 12.7. The van der Waals surface area contributed by atoms with E-state index in [-0.39, 0.29) is 29.5 Å². The molecule has 2 unspecified atom stereocenters. The first-order valence-electron chi connectivity index (χ1n) is 13.0. The van der Waals surface area contributed by atoms with Crippen molar-refractivity contribution < 1.29 is 44.0 Å². The Morgan fingerprint density at radius 1 is 1.08 bits per heavy atom. The molecule has 2 saturated heterocycles. The second-order valence-corrected chi connectivity index (χ2v) is 10.4. The fourth-order valence-electron chi connectivity index (χ4n) is 5.26. The van der Waals surface area contributed by atoms with Gasteiger partial charge in [0, 0.05) is 11.9 Å². The van der Waals surface area contributed by atoms with E-state index in [0.717, 1.165) is 0 Å². The molecule has 12 heteroatoms. The molecular weight excluding hydrogens is 512 g/mol. The van der Waals surface area contributed by atoms with Crippen LogP contribution in [0.25, 0.3) is 11.0 Å². The number of unbranched alkanes of at least 4 members (excludes halogenated alkanes) is 1. The number of ether oxygens (including phenoxy) is 1. The fraction of sp³-hybridized carbons (Fsp3) is 0.556. The Balaban J connectivity index is 1.38. The molecule has 12 nitrogen and oxygen atoms in total. The Hall–Kier alpha value is -3.16. The largest absolute Gasteiger partial charge is 0.422 e. The second-order valence-electron chi connectivity index (χ2n) is 10.4. The van der Waals surface area contributed by atoms with E-state index >= 15 is 0 Å². The van der Waals surface area contributed by atoms with E-state index in [1.165, 1.54) is 12.1 Å². The van der Waals surface area contributed by atoms with Gasteiger partial charge in [-0.05, 0) is 43.9 Å². The number of rotatable bonds is 9. The molecule has 0 radical (unpaired) electrons. The van der Waals surface area contributed by atoms with E-state index in [1.54, 1.807) is 19.1 Å². The van der Waals surface area contributed by atoms with Crippen molar-refractivity contribution in [2.45, 2.75) is 70.1 Å². The van der Waals surface area contributed by atoms with Crippen LogP contribution < -0.4 is 16.3 Å². The molecule has 0 bridgehead atoms. The van der Waals surface area contributed by atoms with Crippen molar-refractivity contribution in [3.05, 3.63) is 45.8 Å². The lowest BCUT2D eigenvalue weighted by molar-refractivity contribution is -0.231. The molecule has 3 heterocycles. The third-order valence-electron chi connectivity index (χ3n) is 8.01. The van der Waals surface area contributed by atoms with Crippen molar-refractivity contribution in [2.24, 2.45) is 11.3 Å². The van der Waals surface area contributed by atoms with Crippen LogP contribution >= 0.6 is 0 Å². The summed E-state index contributed by atoms with van der Waals surface area (Å²) in [6, 6.07) is 5.93. The number of fused-ring (bicyclic) bond motifs is 1. The minimum absolute atomic E-state index is 0.120. The first-order valence-corrected chi connectivity index (χ1v) is 13.0. The summed E-state index contributed by atoms with van der Waals surface area (Å²) >= 11 is 0. The molecule has 1 aromatic carbocycles. The lowest BCUT2D eigenvalue weighted by Crippen LogP contribution is -2.55. The van der Waals surface area contributed by atoms with Gasteiger partial charge in [0.05, 0.1) is 17.9 Å². The molecule has 6 N–H and O–H groups in total. The Kier molecular flexibility index (Phi) is 8.52. The minimum atomic E-state index is -1.55. The van der Waals surface area contributed by atoms with E-state index in [0.29, 0.717) is 36.6 Å². The average molecular weight is 547 g/mol. The number of nitrogens with one attached hydrogen (secondary N) is 2. The molecule has 212 valence electrons. The highest BCUT2D eigenvalue weighted by atomic mass is 16.5. The Morgan fingerprint density at radius 2 is 1.82 bits per heavy atom. The van der Waals surface area contributed by atoms with E-state index in [1.807, 2.05) is 6.92 Å². The molecule has 3 amide bonds. The Labute approximate surface area is 224 Å². The molecule has 2 aliphatic heterocycles. The molecule has 1 aromatic heterocycles. The summed E-state index contributed by atoms with van der Waals surface area (Å²) in [5.74, 6) is -1.55. The fourth-order valence-corrected chi connectivity index (χ4v) is 5.26. The quantitative estimate of drug-likeness (QED) is 0.140. The third kappa shape index (κ3) is 5.48. The van der Waals surface area contributed by atoms with Gasteiger partial charge >= 0.3 is 5.63 Å². The van der Waals surface area contributed by atoms with Crippen LogP contribution in [0.15, 0.2) is 33.5 Å². The third-order valence-corrected chi connectivity index (χ3v) is 8.01. The van der Waals surface area contributed by atoms with Gasteiger partial charge in [-0.3, -0.25) is 19.7 Å². The monoisotopic (exact) mass is 546 g/mol. The highest BCUT2D eigenvalue weighted by Gasteiger charge is 2.49. The molecule has 39 heavy (non-hydrogen) atoms. The molecule has 2 fully saturated rings. The molecule has 2 aromatic rings. The summed E-state index contributed by atoms with van der Waals surface area (Å²) in [4.78, 5) is 49.5. The lowest BCUT2D eigenvalue weighted by atomic mass is 9.74. The highest BCUT2D eigenvalue weighted by Crippen LogP contribution is 2.39. The van der Waals surface area contributed by atoms with Crippen LogP contribution in [0, 0.1) is 11.3 Å². The lowest BCUT2D eigenvalue weighted by Gasteiger charge is -2.40. The topological polar surface area (TPSA) is 196 Å². The van der Waals surface area contributed by atoms with Crippen LogP contribution in [0.4, 0.5) is 0 Å². The SMILES string of the molecule is CCC1(C)C(=O)NC(=O)C1CCCCNC(=O)c1cc2ccc([C@@H]3O[C@H](CO)[C@H](O)[C@H](O)[C@H]3O)cc2oc1=O. The van der Waals surface area contributed by atoms with Gasteiger partial charge in [-0.25, -0.2) is 4.79 Å². The number of hydrogen-bond donors (Lipinski definition) is 6. The van der Waals surface area contributed by atoms with Gasteiger partial charge in [-0.2, -0.15) is 0 Å². The summed E-state index contributed by atoms with van der Waals surface area (Å²) < 4.78 is 10.9. The van der Waals surface area contributed by atoms with Gasteiger partial charge in [-0.1, -0.05) is 25.5 Å². The Bertz CT molecular complexity index is 1310. The summed E-state index contributed by atoms with van der Waals surface area (Å²) in [5, 5.41) is 45.3. The van der Waals surface area contributed by atoms with Crippen LogP contribution in [0.3, 0.4) is 0 Å². The number of carbonyl (C=O) groups excluding carboxylic acids is 3. The summed E-state index contributed by atoms with van der Waals surface area (Å²) in [7, 11) is 0. The highest BCUT2D eigenvalue weighted by molar-refractivity contribution is 6.07. The van der Waals surface area contributed by atoms with Crippen molar-refractivity contribution >= 4 is 28.7 Å². The number of amides is 3. The number of benzene rings is 1. The number of carbonyl (C=O) groups is 3. The van der Waals surface area contributed by atoms with Gasteiger partial charge in [-0.15, -0.1) is 0 Å². The van der Waals surface area contributed by atoms with Crippen LogP contribution in [-0.2, 0) is 14.3 Å². The van der Waals surface area contributed by atoms with Crippen LogP contribution in [-0.4, -0.2) is 75.7 Å². The number of aliphatic hydroxyl groups is 4. The van der Waals surface area contributed by atoms with Gasteiger partial charge in [0.2, 0.25) is 11.8 Å². The van der Waals surface area contributed by atoms with Crippen molar-refractivity contribution in [2.75, 3.05) is 13.2 Å². The second kappa shape index (κ2) is 11.5. The summed E-state index contributed by atoms with van der Waals surface area (Å²) in [6.07, 6.45) is -4.51. The molecule has 0 saturated carbocycles. The van der Waals surface area contributed by atoms with Crippen LogP contribution in [0.2, 0.25) is 0 Å². The first kappa shape index (κ1) is 28.8. The van der Waals surface area contributed by atoms with E-state index in [4.69, 9.17) is 9.15 Å². The molecule has 4 rings (SSSR count). The molecule has 7 atom stereocenters. The zero-order valence-corrected chi connectivity index (χ0v) is 21.8. The standard InChI is InChI=1S/C27H34N2O10/c1-3-27(2)16(24(35)29-26(27)37)6-4-5-9-28-23(34)15-10-13-7-8-14(11-17(13)39-25(15)36)22-21(33)20(32)19(31)18(12-30)38-22/h7-8,10-11,16,18-22,30-33H,3-6,9,12H2,1-2H3,(H,28,34)(H,29,35,37)/t16?,18-,19+,20+,21-,22+,27?/m1/s1. The van der Waals surface area contributed by atoms with Crippen molar-refractivity contribution in [3.63, 3.8) is 0 Å². The predicted molar refractivity (Wildman–Crippen MR) is 136 cm³/mol. The maximum Gasteiger partial charge on any atom is 0.349 e. The summed E-state index contributed by atoms with van der Waals surface area (Å²) in [6.45, 7) is 3.34. The minimum Gasteiger partial charge on any atom is -0.422 e. The maximum absolute atomic E-state index is 12.7. The zero-order valence-electron chi connectivity index (χ0n) is 21.8. The van der Waals surface area contributed by atoms with E-state index < -0.39 is 60.0 Å². The zero-order chi connectivity index (χ0) is 28.5. The molecule has 2 aliphatic rings. The summed E-state index contributed by atoms with van der Waals surface area (Å²) in [5.41, 5.74) is -1.33.